The Kier molecular flexibility index (Phi) is 8.82. The van der Waals surface area contributed by atoms with Crippen molar-refractivity contribution in [2.24, 2.45) is 0 Å². The summed E-state index contributed by atoms with van der Waals surface area (Å²) in [6.07, 6.45) is 3.41. The number of hydrogen-bond acceptors (Lipinski definition) is 4. The zero-order valence-electron chi connectivity index (χ0n) is 16.8. The van der Waals surface area contributed by atoms with E-state index in [2.05, 4.69) is 11.6 Å². The van der Waals surface area contributed by atoms with Gasteiger partial charge < -0.3 is 9.79 Å². The highest BCUT2D eigenvalue weighted by molar-refractivity contribution is 7.89. The second kappa shape index (κ2) is 10.7. The minimum Gasteiger partial charge on any atom is -0.303 e. The fourth-order valence-electron chi connectivity index (χ4n) is 3.36. The highest BCUT2D eigenvalue weighted by Gasteiger charge is 2.31. The predicted octanol–water partition coefficient (Wildman–Crippen LogP) is 4.27. The summed E-state index contributed by atoms with van der Waals surface area (Å²) in [5, 5.41) is 1.70. The van der Waals surface area contributed by atoms with E-state index in [4.69, 9.17) is 4.52 Å². The van der Waals surface area contributed by atoms with Gasteiger partial charge in [0.2, 0.25) is 10.0 Å². The van der Waals surface area contributed by atoms with Gasteiger partial charge in [-0.15, -0.1) is 0 Å². The second-order valence-corrected chi connectivity index (χ2v) is 10.3. The van der Waals surface area contributed by atoms with Gasteiger partial charge in [0.1, 0.15) is 0 Å². The Hall–Kier alpha value is -1.28. The Labute approximate surface area is 172 Å². The Balaban J connectivity index is 2.29. The average Bonchev–Trinajstić information content (AvgIpc) is 2.64. The largest absolute Gasteiger partial charge is 0.469 e. The van der Waals surface area contributed by atoms with Gasteiger partial charge in [0, 0.05) is 0 Å². The molecule has 29 heavy (non-hydrogen) atoms. The first-order chi connectivity index (χ1) is 13.6. The van der Waals surface area contributed by atoms with Crippen molar-refractivity contribution in [3.05, 3.63) is 48.0 Å². The lowest BCUT2D eigenvalue weighted by Crippen LogP contribution is -2.37. The van der Waals surface area contributed by atoms with Crippen molar-refractivity contribution in [3.8, 4) is 0 Å². The van der Waals surface area contributed by atoms with E-state index in [0.29, 0.717) is 12.0 Å². The molecule has 0 amide bonds. The van der Waals surface area contributed by atoms with Crippen LogP contribution in [0.3, 0.4) is 0 Å². The van der Waals surface area contributed by atoms with Gasteiger partial charge in [-0.2, -0.15) is 0 Å². The molecule has 0 bridgehead atoms. The fourth-order valence-corrected chi connectivity index (χ4v) is 5.32. The van der Waals surface area contributed by atoms with E-state index in [1.54, 1.807) is 12.1 Å². The van der Waals surface area contributed by atoms with Crippen molar-refractivity contribution in [2.45, 2.75) is 58.1 Å². The molecule has 2 unspecified atom stereocenters. The van der Waals surface area contributed by atoms with Crippen LogP contribution in [0, 0.1) is 0 Å². The smallest absolute Gasteiger partial charge is 0.303 e. The number of unbranched alkanes of at least 4 members (excludes halogenated alkanes) is 4. The molecule has 9 heteroatoms. The molecule has 2 rings (SSSR count). The topological polar surface area (TPSA) is 113 Å². The highest BCUT2D eigenvalue weighted by Crippen LogP contribution is 2.41. The molecular formula is C20H30NO6PS. The van der Waals surface area contributed by atoms with Crippen molar-refractivity contribution in [3.63, 3.8) is 0 Å². The van der Waals surface area contributed by atoms with E-state index in [-0.39, 0.29) is 5.75 Å². The van der Waals surface area contributed by atoms with E-state index in [0.717, 1.165) is 36.5 Å². The zero-order valence-corrected chi connectivity index (χ0v) is 18.5. The number of phosphoric ester groups is 1. The van der Waals surface area contributed by atoms with Crippen LogP contribution in [0.15, 0.2) is 42.5 Å². The number of rotatable bonds is 12. The van der Waals surface area contributed by atoms with Crippen LogP contribution < -0.4 is 4.72 Å². The van der Waals surface area contributed by atoms with Gasteiger partial charge in [-0.05, 0) is 29.7 Å². The Morgan fingerprint density at radius 2 is 1.69 bits per heavy atom. The van der Waals surface area contributed by atoms with E-state index in [9.17, 15) is 22.8 Å². The number of hydrogen-bond donors (Lipinski definition) is 3. The number of phosphoric acid groups is 1. The maximum absolute atomic E-state index is 12.7. The summed E-state index contributed by atoms with van der Waals surface area (Å²) in [6, 6.07) is 11.9. The van der Waals surface area contributed by atoms with Crippen LogP contribution >= 0.6 is 7.82 Å². The van der Waals surface area contributed by atoms with Gasteiger partial charge in [0.05, 0.1) is 17.9 Å². The molecule has 162 valence electrons. The maximum atomic E-state index is 12.7. The van der Waals surface area contributed by atoms with E-state index in [1.807, 2.05) is 30.3 Å². The summed E-state index contributed by atoms with van der Waals surface area (Å²) in [5.74, 6) is -0.0411. The Morgan fingerprint density at radius 1 is 1.03 bits per heavy atom. The highest BCUT2D eigenvalue weighted by atomic mass is 32.2. The van der Waals surface area contributed by atoms with Crippen LogP contribution in [-0.2, 0) is 19.1 Å². The van der Waals surface area contributed by atoms with Crippen LogP contribution in [0.5, 0.6) is 0 Å². The molecular weight excluding hydrogens is 413 g/mol. The molecule has 2 aromatic carbocycles. The molecule has 2 aromatic rings. The number of fused-ring (bicyclic) bond motifs is 1. The summed E-state index contributed by atoms with van der Waals surface area (Å²) >= 11 is 0. The van der Waals surface area contributed by atoms with Crippen molar-refractivity contribution in [1.82, 2.24) is 4.72 Å². The molecule has 0 radical (unpaired) electrons. The molecule has 3 N–H and O–H groups in total. The van der Waals surface area contributed by atoms with E-state index < -0.39 is 30.0 Å². The molecule has 0 saturated heterocycles. The first-order valence-electron chi connectivity index (χ1n) is 9.84. The summed E-state index contributed by atoms with van der Waals surface area (Å²) < 4.78 is 44.2. The third-order valence-corrected chi connectivity index (χ3v) is 6.80. The number of benzene rings is 2. The Morgan fingerprint density at radius 3 is 2.38 bits per heavy atom. The van der Waals surface area contributed by atoms with Crippen molar-refractivity contribution < 1.29 is 27.3 Å². The molecule has 0 aliphatic heterocycles. The Bertz CT molecular complexity index is 938. The van der Waals surface area contributed by atoms with Crippen molar-refractivity contribution in [2.75, 3.05) is 5.75 Å². The molecule has 2 atom stereocenters. The van der Waals surface area contributed by atoms with E-state index >= 15 is 0 Å². The average molecular weight is 444 g/mol. The van der Waals surface area contributed by atoms with Crippen LogP contribution in [0.2, 0.25) is 0 Å². The lowest BCUT2D eigenvalue weighted by Gasteiger charge is -2.27. The van der Waals surface area contributed by atoms with Gasteiger partial charge >= 0.3 is 7.82 Å². The maximum Gasteiger partial charge on any atom is 0.469 e. The normalized spacial score (nSPS) is 14.8. The molecule has 0 saturated carbocycles. The molecule has 0 spiro atoms. The quantitative estimate of drug-likeness (QED) is 0.334. The van der Waals surface area contributed by atoms with Crippen LogP contribution in [-0.4, -0.2) is 30.1 Å². The van der Waals surface area contributed by atoms with Gasteiger partial charge in [-0.25, -0.2) is 17.7 Å². The van der Waals surface area contributed by atoms with Crippen LogP contribution in [0.25, 0.3) is 10.8 Å². The molecule has 0 aromatic heterocycles. The SMILES string of the molecule is CCCCCCCS(=O)(=O)NC(c1cccc2ccccc12)C(C)OP(=O)(O)O. The summed E-state index contributed by atoms with van der Waals surface area (Å²) in [5.41, 5.74) is 0.610. The first-order valence-corrected chi connectivity index (χ1v) is 13.0. The molecule has 0 heterocycles. The summed E-state index contributed by atoms with van der Waals surface area (Å²) in [6.45, 7) is 3.55. The van der Waals surface area contributed by atoms with Gasteiger partial charge in [-0.1, -0.05) is 75.1 Å². The third kappa shape index (κ3) is 7.81. The standard InChI is InChI=1S/C20H30NO6PS/c1-3-4-5-6-9-15-29(25,26)21-20(16(2)27-28(22,23)24)19-14-10-12-17-11-7-8-13-18(17)19/h7-8,10-14,16,20-21H,3-6,9,15H2,1-2H3,(H2,22,23,24). The molecule has 0 aliphatic carbocycles. The van der Waals surface area contributed by atoms with Gasteiger partial charge in [0.25, 0.3) is 0 Å². The number of nitrogens with one attached hydrogen (secondary N) is 1. The summed E-state index contributed by atoms with van der Waals surface area (Å²) in [4.78, 5) is 18.5. The zero-order chi connectivity index (χ0) is 21.5. The van der Waals surface area contributed by atoms with Crippen LogP contribution in [0.4, 0.5) is 0 Å². The van der Waals surface area contributed by atoms with Gasteiger partial charge in [-0.3, -0.25) is 4.52 Å². The molecule has 0 aliphatic rings. The number of sulfonamides is 1. The summed E-state index contributed by atoms with van der Waals surface area (Å²) in [7, 11) is -8.46. The van der Waals surface area contributed by atoms with E-state index in [1.165, 1.54) is 6.92 Å². The van der Waals surface area contributed by atoms with Crippen molar-refractivity contribution >= 4 is 28.6 Å². The lowest BCUT2D eigenvalue weighted by atomic mass is 9.96. The third-order valence-electron chi connectivity index (χ3n) is 4.75. The minimum absolute atomic E-state index is 0.0411. The molecule has 0 fully saturated rings. The molecule has 7 nitrogen and oxygen atoms in total. The lowest BCUT2D eigenvalue weighted by molar-refractivity contribution is 0.122. The van der Waals surface area contributed by atoms with Crippen molar-refractivity contribution in [1.29, 1.82) is 0 Å². The second-order valence-electron chi connectivity index (χ2n) is 7.20. The monoisotopic (exact) mass is 443 g/mol. The van der Waals surface area contributed by atoms with Crippen LogP contribution in [0.1, 0.15) is 57.6 Å². The predicted molar refractivity (Wildman–Crippen MR) is 115 cm³/mol. The minimum atomic E-state index is -4.79. The van der Waals surface area contributed by atoms with Gasteiger partial charge in [0.15, 0.2) is 0 Å². The first kappa shape index (κ1) is 24.0. The fraction of sp³-hybridized carbons (Fsp3) is 0.500.